The number of hydrogen-bond donors (Lipinski definition) is 2. The van der Waals surface area contributed by atoms with E-state index in [2.05, 4.69) is 24.8 Å². The number of aryl methyl sites for hydroxylation is 1. The predicted molar refractivity (Wildman–Crippen MR) is 125 cm³/mol. The van der Waals surface area contributed by atoms with Crippen molar-refractivity contribution in [2.45, 2.75) is 25.7 Å². The van der Waals surface area contributed by atoms with Crippen LogP contribution in [0.1, 0.15) is 23.2 Å². The van der Waals surface area contributed by atoms with E-state index in [4.69, 9.17) is 15.2 Å². The third-order valence-electron chi connectivity index (χ3n) is 5.91. The van der Waals surface area contributed by atoms with E-state index in [9.17, 15) is 4.79 Å². The molecule has 0 bridgehead atoms. The molecule has 1 aromatic carbocycles. The SMILES string of the molecule is COc1ccc(CC(=O)Nc2ccc(-n3c4c(c5ncnc(N)c53)CCC4)cc2OC)cn1. The van der Waals surface area contributed by atoms with Crippen LogP contribution in [0.15, 0.2) is 42.9 Å². The smallest absolute Gasteiger partial charge is 0.228 e. The Labute approximate surface area is 190 Å². The van der Waals surface area contributed by atoms with E-state index < -0.39 is 0 Å². The predicted octanol–water partition coefficient (Wildman–Crippen LogP) is 3.08. The Balaban J connectivity index is 1.45. The van der Waals surface area contributed by atoms with Gasteiger partial charge in [0.05, 0.1) is 31.8 Å². The fourth-order valence-corrected chi connectivity index (χ4v) is 4.42. The molecule has 1 amide bonds. The maximum absolute atomic E-state index is 12.6. The molecule has 9 nitrogen and oxygen atoms in total. The molecule has 0 radical (unpaired) electrons. The molecule has 0 fully saturated rings. The van der Waals surface area contributed by atoms with Gasteiger partial charge in [0, 0.05) is 29.7 Å². The highest BCUT2D eigenvalue weighted by Gasteiger charge is 2.25. The number of rotatable bonds is 6. The quantitative estimate of drug-likeness (QED) is 0.469. The van der Waals surface area contributed by atoms with Gasteiger partial charge < -0.3 is 25.1 Å². The van der Waals surface area contributed by atoms with Crippen LogP contribution in [0.3, 0.4) is 0 Å². The van der Waals surface area contributed by atoms with Crippen molar-refractivity contribution in [1.29, 1.82) is 0 Å². The Morgan fingerprint density at radius 2 is 2.00 bits per heavy atom. The van der Waals surface area contributed by atoms with Gasteiger partial charge in [0.25, 0.3) is 0 Å². The van der Waals surface area contributed by atoms with Gasteiger partial charge >= 0.3 is 0 Å². The molecule has 1 aliphatic rings. The van der Waals surface area contributed by atoms with Crippen LogP contribution in [0.2, 0.25) is 0 Å². The van der Waals surface area contributed by atoms with Crippen molar-refractivity contribution in [1.82, 2.24) is 19.5 Å². The molecule has 0 saturated carbocycles. The number of nitrogens with one attached hydrogen (secondary N) is 1. The van der Waals surface area contributed by atoms with Crippen molar-refractivity contribution >= 4 is 28.4 Å². The van der Waals surface area contributed by atoms with E-state index in [1.54, 1.807) is 26.5 Å². The molecular weight excluding hydrogens is 420 g/mol. The second kappa shape index (κ2) is 8.42. The van der Waals surface area contributed by atoms with E-state index in [1.165, 1.54) is 17.6 Å². The molecule has 3 aromatic heterocycles. The van der Waals surface area contributed by atoms with Crippen LogP contribution in [0.25, 0.3) is 16.7 Å². The minimum atomic E-state index is -0.169. The first-order valence-corrected chi connectivity index (χ1v) is 10.7. The number of ether oxygens (including phenoxy) is 2. The largest absolute Gasteiger partial charge is 0.494 e. The van der Waals surface area contributed by atoms with Crippen molar-refractivity contribution in [2.75, 3.05) is 25.3 Å². The summed E-state index contributed by atoms with van der Waals surface area (Å²) in [6.45, 7) is 0. The van der Waals surface area contributed by atoms with Crippen LogP contribution in [-0.2, 0) is 24.1 Å². The average molecular weight is 444 g/mol. The molecule has 168 valence electrons. The van der Waals surface area contributed by atoms with Crippen LogP contribution in [-0.4, -0.2) is 39.6 Å². The zero-order chi connectivity index (χ0) is 22.9. The molecule has 0 aliphatic heterocycles. The summed E-state index contributed by atoms with van der Waals surface area (Å²) in [5, 5.41) is 2.93. The lowest BCUT2D eigenvalue weighted by molar-refractivity contribution is -0.115. The molecular formula is C24H24N6O3. The van der Waals surface area contributed by atoms with E-state index in [1.807, 2.05) is 24.3 Å². The minimum absolute atomic E-state index is 0.169. The van der Waals surface area contributed by atoms with E-state index in [-0.39, 0.29) is 12.3 Å². The summed E-state index contributed by atoms with van der Waals surface area (Å²) >= 11 is 0. The zero-order valence-electron chi connectivity index (χ0n) is 18.5. The number of benzene rings is 1. The highest BCUT2D eigenvalue weighted by molar-refractivity contribution is 5.94. The highest BCUT2D eigenvalue weighted by Crippen LogP contribution is 2.38. The number of pyridine rings is 1. The first kappa shape index (κ1) is 20.7. The van der Waals surface area contributed by atoms with Gasteiger partial charge in [-0.2, -0.15) is 0 Å². The van der Waals surface area contributed by atoms with Crippen molar-refractivity contribution in [3.05, 3.63) is 59.7 Å². The number of aromatic nitrogens is 4. The normalized spacial score (nSPS) is 12.5. The lowest BCUT2D eigenvalue weighted by Gasteiger charge is -2.15. The topological polar surface area (TPSA) is 117 Å². The minimum Gasteiger partial charge on any atom is -0.494 e. The number of nitrogens with zero attached hydrogens (tertiary/aromatic N) is 4. The van der Waals surface area contributed by atoms with Gasteiger partial charge in [-0.3, -0.25) is 4.79 Å². The Morgan fingerprint density at radius 3 is 2.76 bits per heavy atom. The molecule has 0 atom stereocenters. The van der Waals surface area contributed by atoms with Gasteiger partial charge in [0.15, 0.2) is 5.82 Å². The van der Waals surface area contributed by atoms with Gasteiger partial charge in [0.1, 0.15) is 17.6 Å². The lowest BCUT2D eigenvalue weighted by Crippen LogP contribution is -2.15. The van der Waals surface area contributed by atoms with Gasteiger partial charge in [0.2, 0.25) is 11.8 Å². The summed E-state index contributed by atoms with van der Waals surface area (Å²) in [7, 11) is 3.13. The maximum atomic E-state index is 12.6. The number of nitrogen functional groups attached to an aromatic ring is 1. The van der Waals surface area contributed by atoms with Crippen molar-refractivity contribution < 1.29 is 14.3 Å². The number of methoxy groups -OCH3 is 2. The molecule has 33 heavy (non-hydrogen) atoms. The Kier molecular flexibility index (Phi) is 5.29. The van der Waals surface area contributed by atoms with Crippen LogP contribution in [0.5, 0.6) is 11.6 Å². The fourth-order valence-electron chi connectivity index (χ4n) is 4.42. The van der Waals surface area contributed by atoms with Crippen LogP contribution >= 0.6 is 0 Å². The molecule has 4 aromatic rings. The third kappa shape index (κ3) is 3.71. The number of nitrogens with two attached hydrogens (primary N) is 1. The molecule has 5 rings (SSSR count). The number of amides is 1. The van der Waals surface area contributed by atoms with E-state index >= 15 is 0 Å². The Bertz CT molecular complexity index is 1350. The molecule has 3 heterocycles. The Morgan fingerprint density at radius 1 is 1.12 bits per heavy atom. The second-order valence-corrected chi connectivity index (χ2v) is 7.89. The number of carbonyl (C=O) groups excluding carboxylic acids is 1. The Hall–Kier alpha value is -4.14. The van der Waals surface area contributed by atoms with Crippen LogP contribution < -0.4 is 20.5 Å². The second-order valence-electron chi connectivity index (χ2n) is 7.89. The van der Waals surface area contributed by atoms with Crippen LogP contribution in [0.4, 0.5) is 11.5 Å². The monoisotopic (exact) mass is 444 g/mol. The van der Waals surface area contributed by atoms with E-state index in [0.717, 1.165) is 41.5 Å². The third-order valence-corrected chi connectivity index (χ3v) is 5.91. The molecule has 0 unspecified atom stereocenters. The summed E-state index contributed by atoms with van der Waals surface area (Å²) < 4.78 is 12.8. The molecule has 0 spiro atoms. The molecule has 0 saturated heterocycles. The van der Waals surface area contributed by atoms with Gasteiger partial charge in [-0.1, -0.05) is 6.07 Å². The summed E-state index contributed by atoms with van der Waals surface area (Å²) in [5.41, 5.74) is 12.6. The molecule has 1 aliphatic carbocycles. The van der Waals surface area contributed by atoms with Gasteiger partial charge in [-0.15, -0.1) is 0 Å². The van der Waals surface area contributed by atoms with E-state index in [0.29, 0.717) is 23.1 Å². The summed E-state index contributed by atoms with van der Waals surface area (Å²) in [4.78, 5) is 25.5. The summed E-state index contributed by atoms with van der Waals surface area (Å²) in [5.74, 6) is 1.33. The molecule has 3 N–H and O–H groups in total. The van der Waals surface area contributed by atoms with Crippen molar-refractivity contribution in [3.8, 4) is 17.3 Å². The summed E-state index contributed by atoms with van der Waals surface area (Å²) in [6.07, 6.45) is 6.32. The highest BCUT2D eigenvalue weighted by atomic mass is 16.5. The van der Waals surface area contributed by atoms with Crippen LogP contribution in [0, 0.1) is 0 Å². The number of anilines is 2. The fraction of sp³-hybridized carbons (Fsp3) is 0.250. The first-order chi connectivity index (χ1) is 16.1. The number of hydrogen-bond acceptors (Lipinski definition) is 7. The average Bonchev–Trinajstić information content (AvgIpc) is 3.42. The number of fused-ring (bicyclic) bond motifs is 3. The standard InChI is InChI=1S/C24H24N6O3/c1-32-19-11-15(30-18-5-3-4-16(18)22-23(30)24(25)28-13-27-22)7-8-17(19)29-20(31)10-14-6-9-21(33-2)26-12-14/h6-9,11-13H,3-5,10H2,1-2H3,(H,29,31)(H2,25,27,28). The molecule has 9 heteroatoms. The zero-order valence-corrected chi connectivity index (χ0v) is 18.5. The lowest BCUT2D eigenvalue weighted by atomic mass is 10.2. The maximum Gasteiger partial charge on any atom is 0.228 e. The van der Waals surface area contributed by atoms with Gasteiger partial charge in [-0.05, 0) is 42.5 Å². The summed E-state index contributed by atoms with van der Waals surface area (Å²) in [6, 6.07) is 9.22. The van der Waals surface area contributed by atoms with Crippen molar-refractivity contribution in [2.24, 2.45) is 0 Å². The first-order valence-electron chi connectivity index (χ1n) is 10.7. The van der Waals surface area contributed by atoms with Gasteiger partial charge in [-0.25, -0.2) is 15.0 Å². The van der Waals surface area contributed by atoms with Crippen molar-refractivity contribution in [3.63, 3.8) is 0 Å². The number of carbonyl (C=O) groups is 1.